The highest BCUT2D eigenvalue weighted by atomic mass is 79.9. The number of halogens is 1. The number of aryl methyl sites for hydroxylation is 1. The van der Waals surface area contributed by atoms with Crippen LogP contribution < -0.4 is 10.9 Å². The van der Waals surface area contributed by atoms with E-state index < -0.39 is 0 Å². The van der Waals surface area contributed by atoms with Crippen molar-refractivity contribution in [2.24, 2.45) is 0 Å². The van der Waals surface area contributed by atoms with Gasteiger partial charge in [0.1, 0.15) is 0 Å². The summed E-state index contributed by atoms with van der Waals surface area (Å²) < 4.78 is 1.15. The molecule has 2 N–H and O–H groups in total. The van der Waals surface area contributed by atoms with Gasteiger partial charge < -0.3 is 0 Å². The third-order valence-corrected chi connectivity index (χ3v) is 3.40. The van der Waals surface area contributed by atoms with Crippen molar-refractivity contribution < 1.29 is 4.79 Å². The predicted octanol–water partition coefficient (Wildman–Crippen LogP) is 2.08. The number of amides is 1. The fourth-order valence-corrected chi connectivity index (χ4v) is 2.64. The molecule has 1 aromatic rings. The molecular formula is C9H13BrN2OS. The van der Waals surface area contributed by atoms with E-state index in [9.17, 15) is 4.79 Å². The van der Waals surface area contributed by atoms with Gasteiger partial charge in [0.25, 0.3) is 0 Å². The van der Waals surface area contributed by atoms with Crippen LogP contribution in [-0.2, 0) is 11.2 Å². The highest BCUT2D eigenvalue weighted by Crippen LogP contribution is 2.23. The summed E-state index contributed by atoms with van der Waals surface area (Å²) in [4.78, 5) is 12.4. The SMILES string of the molecule is CNNC(=O)CCCc1ccc(Br)s1. The van der Waals surface area contributed by atoms with Crippen LogP contribution in [0, 0.1) is 0 Å². The number of hydrogen-bond donors (Lipinski definition) is 2. The van der Waals surface area contributed by atoms with E-state index in [1.165, 1.54) is 4.88 Å². The van der Waals surface area contributed by atoms with Crippen LogP contribution in [0.3, 0.4) is 0 Å². The zero-order chi connectivity index (χ0) is 10.4. The highest BCUT2D eigenvalue weighted by molar-refractivity contribution is 9.11. The van der Waals surface area contributed by atoms with Gasteiger partial charge in [-0.15, -0.1) is 11.3 Å². The third-order valence-electron chi connectivity index (χ3n) is 1.72. The third kappa shape index (κ3) is 4.21. The lowest BCUT2D eigenvalue weighted by Gasteiger charge is -2.01. The van der Waals surface area contributed by atoms with E-state index >= 15 is 0 Å². The Balaban J connectivity index is 2.18. The number of rotatable bonds is 5. The molecule has 0 bridgehead atoms. The molecule has 14 heavy (non-hydrogen) atoms. The van der Waals surface area contributed by atoms with E-state index in [0.29, 0.717) is 6.42 Å². The van der Waals surface area contributed by atoms with Crippen molar-refractivity contribution in [3.05, 3.63) is 20.8 Å². The van der Waals surface area contributed by atoms with Crippen molar-refractivity contribution >= 4 is 33.2 Å². The smallest absolute Gasteiger partial charge is 0.234 e. The van der Waals surface area contributed by atoms with Gasteiger partial charge in [-0.2, -0.15) is 0 Å². The van der Waals surface area contributed by atoms with E-state index in [1.54, 1.807) is 18.4 Å². The van der Waals surface area contributed by atoms with Crippen LogP contribution in [0.15, 0.2) is 15.9 Å². The number of thiophene rings is 1. The summed E-state index contributed by atoms with van der Waals surface area (Å²) in [7, 11) is 1.69. The van der Waals surface area contributed by atoms with Gasteiger partial charge in [-0.05, 0) is 40.9 Å². The van der Waals surface area contributed by atoms with Crippen LogP contribution in [0.2, 0.25) is 0 Å². The molecule has 0 aliphatic heterocycles. The Morgan fingerprint density at radius 1 is 1.57 bits per heavy atom. The average Bonchev–Trinajstić information content (AvgIpc) is 2.52. The molecule has 0 spiro atoms. The van der Waals surface area contributed by atoms with Crippen LogP contribution >= 0.6 is 27.3 Å². The van der Waals surface area contributed by atoms with Gasteiger partial charge in [-0.1, -0.05) is 0 Å². The molecule has 1 heterocycles. The summed E-state index contributed by atoms with van der Waals surface area (Å²) in [6, 6.07) is 4.12. The molecule has 0 aliphatic rings. The molecule has 1 aromatic heterocycles. The lowest BCUT2D eigenvalue weighted by molar-refractivity contribution is -0.122. The van der Waals surface area contributed by atoms with Crippen LogP contribution in [0.1, 0.15) is 17.7 Å². The van der Waals surface area contributed by atoms with Gasteiger partial charge in [0, 0.05) is 18.3 Å². The van der Waals surface area contributed by atoms with Crippen LogP contribution in [0.25, 0.3) is 0 Å². The predicted molar refractivity (Wildman–Crippen MR) is 62.2 cm³/mol. The molecular weight excluding hydrogens is 264 g/mol. The molecule has 0 radical (unpaired) electrons. The van der Waals surface area contributed by atoms with E-state index in [2.05, 4.69) is 32.8 Å². The summed E-state index contributed by atoms with van der Waals surface area (Å²) in [5.74, 6) is 0.0446. The quantitative estimate of drug-likeness (QED) is 0.809. The zero-order valence-corrected chi connectivity index (χ0v) is 10.4. The van der Waals surface area contributed by atoms with Crippen molar-refractivity contribution in [3.8, 4) is 0 Å². The molecule has 0 fully saturated rings. The molecule has 78 valence electrons. The summed E-state index contributed by atoms with van der Waals surface area (Å²) in [5.41, 5.74) is 5.16. The van der Waals surface area contributed by atoms with Crippen LogP contribution in [0.4, 0.5) is 0 Å². The number of nitrogens with one attached hydrogen (secondary N) is 2. The lowest BCUT2D eigenvalue weighted by atomic mass is 10.2. The lowest BCUT2D eigenvalue weighted by Crippen LogP contribution is -2.33. The van der Waals surface area contributed by atoms with Gasteiger partial charge >= 0.3 is 0 Å². The fourth-order valence-electron chi connectivity index (χ4n) is 1.11. The summed E-state index contributed by atoms with van der Waals surface area (Å²) in [6.45, 7) is 0. The van der Waals surface area contributed by atoms with Gasteiger partial charge in [0.2, 0.25) is 5.91 Å². The first-order chi connectivity index (χ1) is 6.72. The van der Waals surface area contributed by atoms with Crippen LogP contribution in [0.5, 0.6) is 0 Å². The van der Waals surface area contributed by atoms with Crippen molar-refractivity contribution in [2.45, 2.75) is 19.3 Å². The maximum atomic E-state index is 11.1. The number of carbonyl (C=O) groups is 1. The molecule has 1 amide bonds. The van der Waals surface area contributed by atoms with Crippen molar-refractivity contribution in [1.29, 1.82) is 0 Å². The minimum absolute atomic E-state index is 0.0446. The zero-order valence-electron chi connectivity index (χ0n) is 7.97. The first-order valence-corrected chi connectivity index (χ1v) is 6.03. The first kappa shape index (κ1) is 11.7. The minimum Gasteiger partial charge on any atom is -0.292 e. The molecule has 0 atom stereocenters. The van der Waals surface area contributed by atoms with Gasteiger partial charge in [0.05, 0.1) is 3.79 Å². The first-order valence-electron chi connectivity index (χ1n) is 4.42. The van der Waals surface area contributed by atoms with Crippen molar-refractivity contribution in [1.82, 2.24) is 10.9 Å². The second-order valence-electron chi connectivity index (χ2n) is 2.86. The second-order valence-corrected chi connectivity index (χ2v) is 5.41. The molecule has 0 aromatic carbocycles. The molecule has 0 aliphatic carbocycles. The Hall–Kier alpha value is -0.390. The number of hydrogen-bond acceptors (Lipinski definition) is 3. The molecule has 0 unspecified atom stereocenters. The Morgan fingerprint density at radius 3 is 2.93 bits per heavy atom. The van der Waals surface area contributed by atoms with Crippen LogP contribution in [-0.4, -0.2) is 13.0 Å². The van der Waals surface area contributed by atoms with E-state index in [4.69, 9.17) is 0 Å². The highest BCUT2D eigenvalue weighted by Gasteiger charge is 2.01. The molecule has 0 saturated heterocycles. The van der Waals surface area contributed by atoms with E-state index in [-0.39, 0.29) is 5.91 Å². The normalized spacial score (nSPS) is 10.1. The Morgan fingerprint density at radius 2 is 2.36 bits per heavy atom. The Kier molecular flexibility index (Phi) is 5.14. The van der Waals surface area contributed by atoms with Gasteiger partial charge in [-0.25, -0.2) is 5.43 Å². The summed E-state index contributed by atoms with van der Waals surface area (Å²) in [6.07, 6.45) is 2.42. The monoisotopic (exact) mass is 276 g/mol. The van der Waals surface area contributed by atoms with Gasteiger partial charge in [-0.3, -0.25) is 10.2 Å². The standard InChI is InChI=1S/C9H13BrN2OS/c1-11-12-9(13)4-2-3-7-5-6-8(10)14-7/h5-6,11H,2-4H2,1H3,(H,12,13). The maximum absolute atomic E-state index is 11.1. The molecule has 5 heteroatoms. The number of carbonyl (C=O) groups excluding carboxylic acids is 1. The van der Waals surface area contributed by atoms with E-state index in [0.717, 1.165) is 16.6 Å². The summed E-state index contributed by atoms with van der Waals surface area (Å²) >= 11 is 5.13. The van der Waals surface area contributed by atoms with Crippen molar-refractivity contribution in [3.63, 3.8) is 0 Å². The Labute approximate surface area is 96.0 Å². The van der Waals surface area contributed by atoms with E-state index in [1.807, 2.05) is 6.07 Å². The molecule has 0 saturated carbocycles. The fraction of sp³-hybridized carbons (Fsp3) is 0.444. The second kappa shape index (κ2) is 6.16. The maximum Gasteiger partial charge on any atom is 0.234 e. The Bertz CT molecular complexity index is 301. The van der Waals surface area contributed by atoms with Crippen molar-refractivity contribution in [2.75, 3.05) is 7.05 Å². The topological polar surface area (TPSA) is 41.1 Å². The minimum atomic E-state index is 0.0446. The number of hydrazine groups is 1. The molecule has 1 rings (SSSR count). The molecule has 3 nitrogen and oxygen atoms in total. The average molecular weight is 277 g/mol. The van der Waals surface area contributed by atoms with Gasteiger partial charge in [0.15, 0.2) is 0 Å². The summed E-state index contributed by atoms with van der Waals surface area (Å²) in [5, 5.41) is 0. The largest absolute Gasteiger partial charge is 0.292 e.